The molecule has 5 nitrogen and oxygen atoms in total. The molecule has 0 spiro atoms. The summed E-state index contributed by atoms with van der Waals surface area (Å²) in [7, 11) is 0. The summed E-state index contributed by atoms with van der Waals surface area (Å²) in [5.41, 5.74) is -0.920. The van der Waals surface area contributed by atoms with Crippen molar-refractivity contribution in [1.29, 1.82) is 0 Å². The van der Waals surface area contributed by atoms with E-state index in [2.05, 4.69) is 15.6 Å². The Morgan fingerprint density at radius 2 is 1.13 bits per heavy atom. The number of halogens is 6. The first-order valence-corrected chi connectivity index (χ1v) is 13.5. The number of benzene rings is 5. The van der Waals surface area contributed by atoms with Gasteiger partial charge in [-0.1, -0.05) is 54.6 Å². The van der Waals surface area contributed by atoms with Crippen LogP contribution in [-0.2, 0) is 18.9 Å². The number of carbonyl (C=O) groups is 2. The van der Waals surface area contributed by atoms with Gasteiger partial charge in [-0.15, -0.1) is 0 Å². The lowest BCUT2D eigenvalue weighted by Gasteiger charge is -2.13. The highest BCUT2D eigenvalue weighted by Gasteiger charge is 2.32. The van der Waals surface area contributed by atoms with Crippen molar-refractivity contribution in [2.75, 3.05) is 10.6 Å². The van der Waals surface area contributed by atoms with E-state index in [4.69, 9.17) is 0 Å². The molecular formula is C34H23F6N3O2. The van der Waals surface area contributed by atoms with E-state index in [1.54, 1.807) is 6.21 Å². The first kappa shape index (κ1) is 31.0. The summed E-state index contributed by atoms with van der Waals surface area (Å²) in [6.07, 6.45) is -7.64. The quantitative estimate of drug-likeness (QED) is 0.141. The molecule has 0 radical (unpaired) electrons. The first-order chi connectivity index (χ1) is 21.4. The number of rotatable bonds is 7. The van der Waals surface area contributed by atoms with E-state index in [0.29, 0.717) is 17.7 Å². The molecule has 228 valence electrons. The predicted molar refractivity (Wildman–Crippen MR) is 160 cm³/mol. The number of nitrogens with zero attached hydrogens (tertiary/aromatic N) is 1. The molecule has 2 N–H and O–H groups in total. The number of hydrogen-bond acceptors (Lipinski definition) is 3. The Hall–Kier alpha value is -5.45. The third-order valence-corrected chi connectivity index (χ3v) is 6.74. The molecule has 2 amide bonds. The fourth-order valence-electron chi connectivity index (χ4n) is 4.62. The summed E-state index contributed by atoms with van der Waals surface area (Å²) in [6, 6.07) is 25.6. The summed E-state index contributed by atoms with van der Waals surface area (Å²) in [5, 5.41) is 7.05. The minimum Gasteiger partial charge on any atom is -0.322 e. The number of alkyl halides is 6. The Morgan fingerprint density at radius 3 is 1.69 bits per heavy atom. The average molecular weight is 620 g/mol. The van der Waals surface area contributed by atoms with Gasteiger partial charge in [-0.2, -0.15) is 26.3 Å². The Bertz CT molecular complexity index is 1820. The molecule has 0 heterocycles. The van der Waals surface area contributed by atoms with E-state index in [1.807, 2.05) is 42.5 Å². The highest BCUT2D eigenvalue weighted by molar-refractivity contribution is 6.07. The molecule has 0 atom stereocenters. The van der Waals surface area contributed by atoms with E-state index in [9.17, 15) is 35.9 Å². The molecule has 45 heavy (non-hydrogen) atoms. The lowest BCUT2D eigenvalue weighted by Crippen LogP contribution is -2.16. The molecular weight excluding hydrogens is 596 g/mol. The van der Waals surface area contributed by atoms with Gasteiger partial charge in [0.25, 0.3) is 11.8 Å². The summed E-state index contributed by atoms with van der Waals surface area (Å²) in [5.74, 6) is -1.68. The number of hydrogen-bond donors (Lipinski definition) is 2. The smallest absolute Gasteiger partial charge is 0.322 e. The van der Waals surface area contributed by atoms with Crippen LogP contribution >= 0.6 is 0 Å². The molecule has 5 aromatic carbocycles. The Kier molecular flexibility index (Phi) is 8.71. The van der Waals surface area contributed by atoms with Crippen LogP contribution < -0.4 is 10.6 Å². The maximum absolute atomic E-state index is 13.2. The van der Waals surface area contributed by atoms with Gasteiger partial charge in [-0.3, -0.25) is 14.6 Å². The Morgan fingerprint density at radius 1 is 0.622 bits per heavy atom. The van der Waals surface area contributed by atoms with Gasteiger partial charge in [0, 0.05) is 34.3 Å². The van der Waals surface area contributed by atoms with E-state index >= 15 is 0 Å². The van der Waals surface area contributed by atoms with Crippen molar-refractivity contribution in [3.05, 3.63) is 143 Å². The van der Waals surface area contributed by atoms with Crippen molar-refractivity contribution in [2.24, 2.45) is 4.99 Å². The van der Waals surface area contributed by atoms with E-state index < -0.39 is 35.3 Å². The SMILES string of the molecule is O=C(Nc1cc(CN=Cc2cccc3ccccc23)cc(NC(=O)c2cccc(C(F)(F)F)c2)c1)c1cccc(C(F)(F)F)c1. The minimum atomic E-state index is -4.65. The van der Waals surface area contributed by atoms with Gasteiger partial charge < -0.3 is 10.6 Å². The van der Waals surface area contributed by atoms with Crippen LogP contribution in [0, 0.1) is 0 Å². The molecule has 0 aliphatic heterocycles. The number of fused-ring (bicyclic) bond motifs is 1. The van der Waals surface area contributed by atoms with Gasteiger partial charge in [0.15, 0.2) is 0 Å². The molecule has 0 saturated carbocycles. The first-order valence-electron chi connectivity index (χ1n) is 13.5. The van der Waals surface area contributed by atoms with Gasteiger partial charge in [0.2, 0.25) is 0 Å². The topological polar surface area (TPSA) is 70.6 Å². The summed E-state index contributed by atoms with van der Waals surface area (Å²) in [6.45, 7) is 0.0723. The van der Waals surface area contributed by atoms with Crippen molar-refractivity contribution < 1.29 is 35.9 Å². The summed E-state index contributed by atoms with van der Waals surface area (Å²) >= 11 is 0. The monoisotopic (exact) mass is 619 g/mol. The lowest BCUT2D eigenvalue weighted by atomic mass is 10.1. The normalized spacial score (nSPS) is 12.0. The molecule has 11 heteroatoms. The van der Waals surface area contributed by atoms with Gasteiger partial charge in [-0.25, -0.2) is 0 Å². The van der Waals surface area contributed by atoms with Crippen LogP contribution in [0.5, 0.6) is 0 Å². The Labute approximate surface area is 253 Å². The molecule has 0 bridgehead atoms. The van der Waals surface area contributed by atoms with Gasteiger partial charge in [0.1, 0.15) is 0 Å². The number of nitrogens with one attached hydrogen (secondary N) is 2. The van der Waals surface area contributed by atoms with E-state index in [-0.39, 0.29) is 29.0 Å². The average Bonchev–Trinajstić information content (AvgIpc) is 3.00. The molecule has 0 unspecified atom stereocenters. The second-order valence-electron chi connectivity index (χ2n) is 10.0. The summed E-state index contributed by atoms with van der Waals surface area (Å²) in [4.78, 5) is 30.3. The Balaban J connectivity index is 1.44. The lowest BCUT2D eigenvalue weighted by molar-refractivity contribution is -0.138. The van der Waals surface area contributed by atoms with E-state index in [0.717, 1.165) is 40.6 Å². The van der Waals surface area contributed by atoms with Crippen LogP contribution in [0.15, 0.2) is 114 Å². The van der Waals surface area contributed by atoms with Crippen LogP contribution in [0.1, 0.15) is 43.0 Å². The predicted octanol–water partition coefficient (Wildman–Crippen LogP) is 9.00. The van der Waals surface area contributed by atoms with Gasteiger partial charge in [0.05, 0.1) is 17.7 Å². The van der Waals surface area contributed by atoms with Gasteiger partial charge >= 0.3 is 12.4 Å². The molecule has 0 fully saturated rings. The fourth-order valence-corrected chi connectivity index (χ4v) is 4.62. The highest BCUT2D eigenvalue weighted by atomic mass is 19.4. The largest absolute Gasteiger partial charge is 0.416 e. The molecule has 0 aliphatic rings. The number of carbonyl (C=O) groups excluding carboxylic acids is 2. The summed E-state index contributed by atoms with van der Waals surface area (Å²) < 4.78 is 79.2. The number of aliphatic imine (C=N–C) groups is 1. The maximum atomic E-state index is 13.2. The molecule has 0 aliphatic carbocycles. The van der Waals surface area contributed by atoms with Crippen molar-refractivity contribution in [2.45, 2.75) is 18.9 Å². The third-order valence-electron chi connectivity index (χ3n) is 6.74. The van der Waals surface area contributed by atoms with E-state index in [1.165, 1.54) is 30.3 Å². The van der Waals surface area contributed by atoms with Crippen molar-refractivity contribution in [3.8, 4) is 0 Å². The minimum absolute atomic E-state index is 0.0723. The molecule has 0 aromatic heterocycles. The van der Waals surface area contributed by atoms with Crippen LogP contribution in [-0.4, -0.2) is 18.0 Å². The third kappa shape index (κ3) is 7.74. The zero-order valence-corrected chi connectivity index (χ0v) is 23.2. The molecule has 0 saturated heterocycles. The molecule has 5 aromatic rings. The maximum Gasteiger partial charge on any atom is 0.416 e. The standard InChI is InChI=1S/C34H23F6N3O2/c35-33(36,37)26-11-4-8-23(16-26)31(44)42-28-14-21(19-41-20-25-10-3-7-22-6-1-2-13-30(22)25)15-29(18-28)43-32(45)24-9-5-12-27(17-24)34(38,39)40/h1-18,20H,19H2,(H,42,44)(H,43,45). The zero-order chi connectivity index (χ0) is 32.2. The highest BCUT2D eigenvalue weighted by Crippen LogP contribution is 2.31. The second-order valence-corrected chi connectivity index (χ2v) is 10.0. The molecule has 5 rings (SSSR count). The number of amides is 2. The van der Waals surface area contributed by atoms with Crippen molar-refractivity contribution >= 4 is 40.2 Å². The van der Waals surface area contributed by atoms with Gasteiger partial charge in [-0.05, 0) is 70.9 Å². The second kappa shape index (κ2) is 12.7. The van der Waals surface area contributed by atoms with Crippen LogP contribution in [0.25, 0.3) is 10.8 Å². The fraction of sp³-hybridized carbons (Fsp3) is 0.0882. The van der Waals surface area contributed by atoms with Crippen LogP contribution in [0.4, 0.5) is 37.7 Å². The van der Waals surface area contributed by atoms with Crippen molar-refractivity contribution in [3.63, 3.8) is 0 Å². The van der Waals surface area contributed by atoms with Crippen LogP contribution in [0.2, 0.25) is 0 Å². The van der Waals surface area contributed by atoms with Crippen molar-refractivity contribution in [1.82, 2.24) is 0 Å². The zero-order valence-electron chi connectivity index (χ0n) is 23.2. The van der Waals surface area contributed by atoms with Crippen LogP contribution in [0.3, 0.4) is 0 Å². The number of anilines is 2.